The molecule has 0 saturated carbocycles. The summed E-state index contributed by atoms with van der Waals surface area (Å²) >= 11 is 0. The quantitative estimate of drug-likeness (QED) is 0.161. The molecule has 1 aromatic heterocycles. The van der Waals surface area contributed by atoms with Crippen molar-refractivity contribution in [3.05, 3.63) is 47.4 Å². The number of halogens is 1. The molecule has 2 aromatic rings. The molecule has 0 amide bonds. The Hall–Kier alpha value is -3.58. The molecule has 1 fully saturated rings. The van der Waals surface area contributed by atoms with E-state index >= 15 is 0 Å². The highest BCUT2D eigenvalue weighted by Crippen LogP contribution is 2.32. The Bertz CT molecular complexity index is 1700. The maximum absolute atomic E-state index is 13.8. The van der Waals surface area contributed by atoms with Gasteiger partial charge in [0.15, 0.2) is 6.10 Å². The number of ether oxygens (including phenoxy) is 2. The van der Waals surface area contributed by atoms with Crippen LogP contribution >= 0.6 is 0 Å². The summed E-state index contributed by atoms with van der Waals surface area (Å²) < 4.78 is 96.9. The number of aliphatic hydroxyl groups excluding tert-OH is 5. The molecule has 0 bridgehead atoms. The van der Waals surface area contributed by atoms with Gasteiger partial charge in [0.1, 0.15) is 24.1 Å². The van der Waals surface area contributed by atoms with Gasteiger partial charge in [-0.3, -0.25) is 4.79 Å². The molecule has 5 unspecified atom stereocenters. The minimum absolute atomic E-state index is 0.0600. The van der Waals surface area contributed by atoms with Crippen molar-refractivity contribution < 1.29 is 70.7 Å². The third-order valence-electron chi connectivity index (χ3n) is 6.60. The summed E-state index contributed by atoms with van der Waals surface area (Å²) in [6.45, 7) is -6.51. The maximum atomic E-state index is 13.8. The average molecular weight is 664 g/mol. The van der Waals surface area contributed by atoms with E-state index in [2.05, 4.69) is 9.97 Å². The van der Waals surface area contributed by atoms with E-state index in [4.69, 9.17) is 22.8 Å². The number of hydrogen-bond donors (Lipinski definition) is 6. The van der Waals surface area contributed by atoms with Crippen LogP contribution in [0.4, 0.5) is 10.3 Å². The molecule has 6 N–H and O–H groups in total. The fourth-order valence-electron chi connectivity index (χ4n) is 4.14. The number of carboxylic acid groups (broad SMARTS) is 1. The largest absolute Gasteiger partial charge is 0.479 e. The SMILES string of the molecule is [2H]C([2H])([2H])C(c1nc(N(C)S(C)(=O)=O)nc(-c2ccc(F)cc2)c1/C=C/[C@@H](O)C[C@@H](O)CC(=O)OC1OC(C(=O)O)C(O)C(O)C1O)C([2H])([2H])[2H]. The van der Waals surface area contributed by atoms with Gasteiger partial charge >= 0.3 is 11.9 Å². The number of carboxylic acids is 1. The van der Waals surface area contributed by atoms with Crippen LogP contribution in [0.1, 0.15) is 51.9 Å². The standard InChI is InChI=1S/C28H36FN3O12S/c1-13(2)20-18(21(14-5-7-15(29)8-6-14)31-28(30-20)32(3)45(4,41)42)10-9-16(33)11-17(34)12-19(35)43-27-24(38)22(36)23(37)25(44-27)26(39)40/h5-10,13,16-17,22-25,27,33-34,36-38H,11-12H2,1-4H3,(H,39,40)/b10-9+/t16-,17-,22?,23?,24?,25?,27?/m1/s1/i1D3,2D3. The highest BCUT2D eigenvalue weighted by molar-refractivity contribution is 7.92. The number of nitrogens with zero attached hydrogens (tertiary/aromatic N) is 3. The van der Waals surface area contributed by atoms with Crippen LogP contribution in [0.5, 0.6) is 0 Å². The van der Waals surface area contributed by atoms with Gasteiger partial charge in [0.2, 0.25) is 22.3 Å². The van der Waals surface area contributed by atoms with Gasteiger partial charge in [0.05, 0.1) is 36.3 Å². The van der Waals surface area contributed by atoms with Crippen molar-refractivity contribution in [1.82, 2.24) is 9.97 Å². The minimum Gasteiger partial charge on any atom is -0.479 e. The van der Waals surface area contributed by atoms with Crippen molar-refractivity contribution in [1.29, 1.82) is 0 Å². The molecule has 15 nitrogen and oxygen atoms in total. The number of benzene rings is 1. The second kappa shape index (κ2) is 14.7. The summed E-state index contributed by atoms with van der Waals surface area (Å²) in [5, 5.41) is 60.0. The summed E-state index contributed by atoms with van der Waals surface area (Å²) in [7, 11) is -3.06. The normalized spacial score (nSPS) is 26.1. The summed E-state index contributed by atoms with van der Waals surface area (Å²) in [5.41, 5.74) is -1.20. The van der Waals surface area contributed by atoms with Crippen LogP contribution in [0.3, 0.4) is 0 Å². The lowest BCUT2D eigenvalue weighted by Crippen LogP contribution is -2.60. The van der Waals surface area contributed by atoms with Crippen LogP contribution < -0.4 is 4.31 Å². The molecule has 2 heterocycles. The number of hydrogen-bond acceptors (Lipinski definition) is 13. The Morgan fingerprint density at radius 2 is 1.78 bits per heavy atom. The molecule has 1 saturated heterocycles. The first-order valence-corrected chi connectivity index (χ1v) is 15.0. The minimum atomic E-state index is -4.09. The van der Waals surface area contributed by atoms with Gasteiger partial charge in [-0.25, -0.2) is 31.9 Å². The fourth-order valence-corrected chi connectivity index (χ4v) is 4.52. The van der Waals surface area contributed by atoms with Crippen LogP contribution in [0.2, 0.25) is 0 Å². The molecule has 248 valence electrons. The second-order valence-electron chi connectivity index (χ2n) is 10.1. The summed E-state index contributed by atoms with van der Waals surface area (Å²) in [6.07, 6.45) is -12.4. The second-order valence-corrected chi connectivity index (χ2v) is 12.1. The Kier molecular flexibility index (Phi) is 9.04. The molecular formula is C28H36FN3O12S. The predicted molar refractivity (Wildman–Crippen MR) is 155 cm³/mol. The third-order valence-corrected chi connectivity index (χ3v) is 7.75. The van der Waals surface area contributed by atoms with Crippen LogP contribution in [-0.2, 0) is 29.1 Å². The fraction of sp³-hybridized carbons (Fsp3) is 0.500. The molecule has 0 aliphatic carbocycles. The summed E-state index contributed by atoms with van der Waals surface area (Å²) in [6, 6.07) is 4.39. The van der Waals surface area contributed by atoms with Crippen molar-refractivity contribution >= 4 is 34.0 Å². The topological polar surface area (TPSA) is 237 Å². The maximum Gasteiger partial charge on any atom is 0.335 e. The van der Waals surface area contributed by atoms with Gasteiger partial charge in [0, 0.05) is 32.8 Å². The van der Waals surface area contributed by atoms with Gasteiger partial charge in [0.25, 0.3) is 0 Å². The summed E-state index contributed by atoms with van der Waals surface area (Å²) in [5.74, 6) is -6.67. The van der Waals surface area contributed by atoms with Gasteiger partial charge in [-0.1, -0.05) is 25.9 Å². The molecule has 7 atom stereocenters. The third kappa shape index (κ3) is 9.00. The van der Waals surface area contributed by atoms with E-state index in [0.717, 1.165) is 37.6 Å². The van der Waals surface area contributed by atoms with Gasteiger partial charge in [-0.2, -0.15) is 0 Å². The monoisotopic (exact) mass is 663 g/mol. The van der Waals surface area contributed by atoms with Crippen LogP contribution in [0.25, 0.3) is 17.3 Å². The Morgan fingerprint density at radius 1 is 1.13 bits per heavy atom. The molecule has 1 aliphatic heterocycles. The highest BCUT2D eigenvalue weighted by atomic mass is 32.2. The van der Waals surface area contributed by atoms with E-state index in [0.29, 0.717) is 4.31 Å². The van der Waals surface area contributed by atoms with Crippen LogP contribution in [-0.4, -0.2) is 117 Å². The average Bonchev–Trinajstić information content (AvgIpc) is 2.98. The van der Waals surface area contributed by atoms with Crippen molar-refractivity contribution in [2.24, 2.45) is 0 Å². The number of anilines is 1. The van der Waals surface area contributed by atoms with E-state index < -0.39 is 115 Å². The number of rotatable bonds is 12. The molecule has 45 heavy (non-hydrogen) atoms. The number of sulfonamides is 1. The zero-order chi connectivity index (χ0) is 38.8. The molecule has 1 aliphatic rings. The molecule has 3 rings (SSSR count). The first-order valence-electron chi connectivity index (χ1n) is 16.1. The Morgan fingerprint density at radius 3 is 2.36 bits per heavy atom. The summed E-state index contributed by atoms with van der Waals surface area (Å²) in [4.78, 5) is 31.9. The lowest BCUT2D eigenvalue weighted by atomic mass is 9.97. The lowest BCUT2D eigenvalue weighted by molar-refractivity contribution is -0.286. The van der Waals surface area contributed by atoms with Crippen LogP contribution in [0.15, 0.2) is 30.3 Å². The number of esters is 1. The van der Waals surface area contributed by atoms with Gasteiger partial charge < -0.3 is 40.1 Å². The van der Waals surface area contributed by atoms with E-state index in [-0.39, 0.29) is 16.8 Å². The van der Waals surface area contributed by atoms with Gasteiger partial charge in [-0.05, 0) is 30.2 Å². The number of aromatic nitrogens is 2. The van der Waals surface area contributed by atoms with E-state index in [1.807, 2.05) is 0 Å². The Labute approximate surface area is 266 Å². The number of carbonyl (C=O) groups is 2. The molecule has 0 radical (unpaired) electrons. The van der Waals surface area contributed by atoms with Crippen molar-refractivity contribution in [2.75, 3.05) is 17.6 Å². The highest BCUT2D eigenvalue weighted by Gasteiger charge is 2.48. The zero-order valence-electron chi connectivity index (χ0n) is 29.8. The van der Waals surface area contributed by atoms with E-state index in [1.165, 1.54) is 12.1 Å². The molecule has 0 spiro atoms. The van der Waals surface area contributed by atoms with Crippen molar-refractivity contribution in [2.45, 2.75) is 75.4 Å². The molecular weight excluding hydrogens is 621 g/mol. The Balaban J connectivity index is 1.99. The lowest BCUT2D eigenvalue weighted by Gasteiger charge is -2.38. The van der Waals surface area contributed by atoms with Crippen molar-refractivity contribution in [3.63, 3.8) is 0 Å². The first kappa shape index (κ1) is 27.7. The number of aliphatic carboxylic acids is 1. The predicted octanol–water partition coefficient (Wildman–Crippen LogP) is -0.247. The van der Waals surface area contributed by atoms with Crippen LogP contribution in [0, 0.1) is 5.82 Å². The smallest absolute Gasteiger partial charge is 0.335 e. The number of aliphatic hydroxyl groups is 5. The molecule has 17 heteroatoms. The van der Waals surface area contributed by atoms with E-state index in [1.54, 1.807) is 0 Å². The first-order chi connectivity index (χ1) is 23.3. The zero-order valence-corrected chi connectivity index (χ0v) is 24.6. The van der Waals surface area contributed by atoms with Crippen molar-refractivity contribution in [3.8, 4) is 11.3 Å². The van der Waals surface area contributed by atoms with Gasteiger partial charge in [-0.15, -0.1) is 0 Å². The van der Waals surface area contributed by atoms with E-state index in [9.17, 15) is 47.9 Å². The number of carbonyl (C=O) groups excluding carboxylic acids is 1. The molecule has 1 aromatic carbocycles.